The van der Waals surface area contributed by atoms with Gasteiger partial charge in [-0.1, -0.05) is 26.0 Å². The molecule has 9 nitrogen and oxygen atoms in total. The number of fused-ring (bicyclic) bond motifs is 2. The Bertz CT molecular complexity index is 1740. The van der Waals surface area contributed by atoms with Gasteiger partial charge in [-0.15, -0.1) is 0 Å². The first-order valence-corrected chi connectivity index (χ1v) is 12.0. The first-order chi connectivity index (χ1) is 18.0. The first-order valence-electron chi connectivity index (χ1n) is 12.0. The highest BCUT2D eigenvalue weighted by molar-refractivity contribution is 5.97. The topological polar surface area (TPSA) is 125 Å². The molecule has 0 unspecified atom stereocenters. The highest BCUT2D eigenvalue weighted by Crippen LogP contribution is 2.32. The average Bonchev–Trinajstić information content (AvgIpc) is 3.52. The molecule has 9 heteroatoms. The Labute approximate surface area is 212 Å². The molecule has 1 amide bonds. The van der Waals surface area contributed by atoms with Crippen LogP contribution in [0.1, 0.15) is 20.3 Å². The summed E-state index contributed by atoms with van der Waals surface area (Å²) in [5.74, 6) is 0.882. The summed E-state index contributed by atoms with van der Waals surface area (Å²) in [6, 6.07) is 13.8. The molecule has 0 aliphatic carbocycles. The minimum Gasteiger partial charge on any atom is -0.335 e. The third-order valence-corrected chi connectivity index (χ3v) is 6.10. The molecular formula is C28H24N8O. The molecular weight excluding hydrogens is 464 g/mol. The molecule has 37 heavy (non-hydrogen) atoms. The van der Waals surface area contributed by atoms with E-state index in [1.54, 1.807) is 24.8 Å². The summed E-state index contributed by atoms with van der Waals surface area (Å²) in [4.78, 5) is 33.4. The molecule has 3 N–H and O–H groups in total. The predicted molar refractivity (Wildman–Crippen MR) is 144 cm³/mol. The van der Waals surface area contributed by atoms with Crippen molar-refractivity contribution < 1.29 is 4.79 Å². The maximum atomic E-state index is 12.2. The lowest BCUT2D eigenvalue weighted by atomic mass is 10.0. The zero-order valence-corrected chi connectivity index (χ0v) is 20.4. The second-order valence-electron chi connectivity index (χ2n) is 9.33. The number of imidazole rings is 1. The Hall–Kier alpha value is -4.92. The number of amides is 1. The van der Waals surface area contributed by atoms with Gasteiger partial charge >= 0.3 is 0 Å². The van der Waals surface area contributed by atoms with Crippen LogP contribution in [0.3, 0.4) is 0 Å². The van der Waals surface area contributed by atoms with Crippen LogP contribution in [-0.4, -0.2) is 41.0 Å². The van der Waals surface area contributed by atoms with Gasteiger partial charge in [0.1, 0.15) is 5.69 Å². The smallest absolute Gasteiger partial charge is 0.224 e. The van der Waals surface area contributed by atoms with Crippen molar-refractivity contribution in [2.45, 2.75) is 20.3 Å². The van der Waals surface area contributed by atoms with E-state index in [1.807, 2.05) is 62.5 Å². The summed E-state index contributed by atoms with van der Waals surface area (Å²) in [5.41, 5.74) is 7.48. The highest BCUT2D eigenvalue weighted by atomic mass is 16.1. The van der Waals surface area contributed by atoms with E-state index in [-0.39, 0.29) is 11.8 Å². The van der Waals surface area contributed by atoms with E-state index in [9.17, 15) is 4.79 Å². The number of hydrogen-bond acceptors (Lipinski definition) is 6. The van der Waals surface area contributed by atoms with Gasteiger partial charge in [0.15, 0.2) is 11.5 Å². The van der Waals surface area contributed by atoms with Crippen molar-refractivity contribution in [3.05, 3.63) is 73.4 Å². The number of nitrogens with one attached hydrogen (secondary N) is 3. The summed E-state index contributed by atoms with van der Waals surface area (Å²) in [5, 5.41) is 11.5. The number of nitrogens with zero attached hydrogens (tertiary/aromatic N) is 5. The Morgan fingerprint density at radius 3 is 2.70 bits per heavy atom. The molecule has 5 aromatic heterocycles. The van der Waals surface area contributed by atoms with Crippen LogP contribution in [-0.2, 0) is 4.79 Å². The first kappa shape index (κ1) is 22.5. The molecule has 0 fully saturated rings. The number of aromatic nitrogens is 7. The third-order valence-electron chi connectivity index (χ3n) is 6.10. The second kappa shape index (κ2) is 9.27. The number of carbonyl (C=O) groups excluding carboxylic acids is 1. The molecule has 6 aromatic rings. The predicted octanol–water partition coefficient (Wildman–Crippen LogP) is 5.61. The molecule has 0 atom stereocenters. The maximum absolute atomic E-state index is 12.2. The zero-order chi connectivity index (χ0) is 25.4. The van der Waals surface area contributed by atoms with Gasteiger partial charge in [0.2, 0.25) is 5.91 Å². The second-order valence-corrected chi connectivity index (χ2v) is 9.33. The number of H-pyrrole nitrogens is 2. The van der Waals surface area contributed by atoms with Crippen molar-refractivity contribution in [3.8, 4) is 33.8 Å². The lowest BCUT2D eigenvalue weighted by Crippen LogP contribution is -2.13. The van der Waals surface area contributed by atoms with Crippen LogP contribution in [0.25, 0.3) is 55.8 Å². The summed E-state index contributed by atoms with van der Waals surface area (Å²) in [6.45, 7) is 4.04. The fourth-order valence-corrected chi connectivity index (χ4v) is 4.41. The van der Waals surface area contributed by atoms with E-state index in [4.69, 9.17) is 4.98 Å². The van der Waals surface area contributed by atoms with Crippen molar-refractivity contribution >= 4 is 33.7 Å². The van der Waals surface area contributed by atoms with Crippen LogP contribution >= 0.6 is 0 Å². The minimum atomic E-state index is -0.0225. The van der Waals surface area contributed by atoms with Gasteiger partial charge in [0, 0.05) is 53.3 Å². The minimum absolute atomic E-state index is 0.0225. The van der Waals surface area contributed by atoms with E-state index < -0.39 is 0 Å². The summed E-state index contributed by atoms with van der Waals surface area (Å²) < 4.78 is 0. The largest absolute Gasteiger partial charge is 0.335 e. The van der Waals surface area contributed by atoms with Crippen LogP contribution < -0.4 is 5.32 Å². The summed E-state index contributed by atoms with van der Waals surface area (Å²) >= 11 is 0. The van der Waals surface area contributed by atoms with Gasteiger partial charge in [-0.2, -0.15) is 5.10 Å². The van der Waals surface area contributed by atoms with Crippen LogP contribution in [0, 0.1) is 5.92 Å². The number of hydrogen-bond donors (Lipinski definition) is 3. The number of benzene rings is 1. The maximum Gasteiger partial charge on any atom is 0.224 e. The van der Waals surface area contributed by atoms with Crippen LogP contribution in [0.2, 0.25) is 0 Å². The number of rotatable bonds is 6. The standard InChI is InChI=1S/C28H24N8O/c1-16(2)10-24(37)32-20-11-19(14-30-15-20)17-5-6-23-22(12-17)26(36-35-23)28-33-25-21(7-9-31-27(25)34-28)18-4-3-8-29-13-18/h3-9,11-16H,10H2,1-2H3,(H,32,37)(H,35,36)(H,31,33,34). The molecule has 0 saturated heterocycles. The average molecular weight is 489 g/mol. The molecule has 0 aliphatic heterocycles. The molecule has 1 aromatic carbocycles. The van der Waals surface area contributed by atoms with Crippen molar-refractivity contribution in [1.29, 1.82) is 0 Å². The molecule has 0 spiro atoms. The van der Waals surface area contributed by atoms with Gasteiger partial charge in [0.25, 0.3) is 0 Å². The number of aromatic amines is 2. The monoisotopic (exact) mass is 488 g/mol. The Balaban J connectivity index is 1.38. The SMILES string of the molecule is CC(C)CC(=O)Nc1cncc(-c2ccc3[nH]nc(-c4nc5nccc(-c6cccnc6)c5[nH]4)c3c2)c1. The number of pyridine rings is 3. The van der Waals surface area contributed by atoms with Crippen LogP contribution in [0.15, 0.2) is 73.4 Å². The van der Waals surface area contributed by atoms with Gasteiger partial charge in [-0.05, 0) is 41.8 Å². The summed E-state index contributed by atoms with van der Waals surface area (Å²) in [6.07, 6.45) is 9.21. The van der Waals surface area contributed by atoms with E-state index in [1.165, 1.54) is 0 Å². The molecule has 182 valence electrons. The Morgan fingerprint density at radius 1 is 0.973 bits per heavy atom. The van der Waals surface area contributed by atoms with E-state index in [0.717, 1.165) is 38.7 Å². The van der Waals surface area contributed by atoms with E-state index >= 15 is 0 Å². The lowest BCUT2D eigenvalue weighted by Gasteiger charge is -2.09. The van der Waals surface area contributed by atoms with Gasteiger partial charge in [-0.3, -0.25) is 19.9 Å². The van der Waals surface area contributed by atoms with Crippen molar-refractivity contribution in [3.63, 3.8) is 0 Å². The van der Waals surface area contributed by atoms with E-state index in [2.05, 4.69) is 35.5 Å². The fourth-order valence-electron chi connectivity index (χ4n) is 4.41. The lowest BCUT2D eigenvalue weighted by molar-refractivity contribution is -0.116. The zero-order valence-electron chi connectivity index (χ0n) is 20.4. The van der Waals surface area contributed by atoms with Crippen molar-refractivity contribution in [2.75, 3.05) is 5.32 Å². The van der Waals surface area contributed by atoms with Crippen molar-refractivity contribution in [2.24, 2.45) is 5.92 Å². The molecule has 5 heterocycles. The van der Waals surface area contributed by atoms with Crippen molar-refractivity contribution in [1.82, 2.24) is 35.1 Å². The van der Waals surface area contributed by atoms with E-state index in [0.29, 0.717) is 29.3 Å². The molecule has 0 saturated carbocycles. The molecule has 0 radical (unpaired) electrons. The summed E-state index contributed by atoms with van der Waals surface area (Å²) in [7, 11) is 0. The Morgan fingerprint density at radius 2 is 1.86 bits per heavy atom. The highest BCUT2D eigenvalue weighted by Gasteiger charge is 2.16. The van der Waals surface area contributed by atoms with Gasteiger partial charge < -0.3 is 10.3 Å². The number of anilines is 1. The molecule has 0 aliphatic rings. The van der Waals surface area contributed by atoms with Crippen LogP contribution in [0.5, 0.6) is 0 Å². The van der Waals surface area contributed by atoms with Crippen LogP contribution in [0.4, 0.5) is 5.69 Å². The van der Waals surface area contributed by atoms with Gasteiger partial charge in [-0.25, -0.2) is 9.97 Å². The third kappa shape index (κ3) is 4.42. The fraction of sp³-hybridized carbons (Fsp3) is 0.143. The molecule has 6 rings (SSSR count). The quantitative estimate of drug-likeness (QED) is 0.280. The normalized spacial score (nSPS) is 11.4. The van der Waals surface area contributed by atoms with Gasteiger partial charge in [0.05, 0.1) is 22.9 Å². The Kier molecular flexibility index (Phi) is 5.65. The number of carbonyl (C=O) groups is 1. The molecule has 0 bridgehead atoms.